The van der Waals surface area contributed by atoms with Crippen molar-refractivity contribution in [1.82, 2.24) is 0 Å². The SMILES string of the molecule is CC(=NO)C(C)P(=O)(OCC(C)(C)C)OCC(C)(C)C. The van der Waals surface area contributed by atoms with Crippen LogP contribution in [0, 0.1) is 10.8 Å². The van der Waals surface area contributed by atoms with Crippen molar-refractivity contribution in [2.45, 2.75) is 61.0 Å². The first-order chi connectivity index (χ1) is 8.81. The van der Waals surface area contributed by atoms with Gasteiger partial charge in [0.25, 0.3) is 0 Å². The quantitative estimate of drug-likeness (QED) is 0.338. The minimum Gasteiger partial charge on any atom is -0.411 e. The van der Waals surface area contributed by atoms with E-state index < -0.39 is 13.3 Å². The Labute approximate surface area is 123 Å². The van der Waals surface area contributed by atoms with Crippen LogP contribution in [0.1, 0.15) is 55.4 Å². The average Bonchev–Trinajstić information content (AvgIpc) is 2.30. The Morgan fingerprint density at radius 2 is 1.45 bits per heavy atom. The summed E-state index contributed by atoms with van der Waals surface area (Å²) < 4.78 is 24.2. The van der Waals surface area contributed by atoms with E-state index in [0.717, 1.165) is 0 Å². The van der Waals surface area contributed by atoms with Gasteiger partial charge in [0, 0.05) is 0 Å². The lowest BCUT2D eigenvalue weighted by atomic mass is 9.99. The van der Waals surface area contributed by atoms with Crippen molar-refractivity contribution >= 4 is 13.3 Å². The summed E-state index contributed by atoms with van der Waals surface area (Å²) in [5, 5.41) is 12.0. The average molecular weight is 307 g/mol. The Hall–Kier alpha value is -0.380. The van der Waals surface area contributed by atoms with Crippen molar-refractivity contribution in [2.24, 2.45) is 16.0 Å². The molecule has 0 heterocycles. The van der Waals surface area contributed by atoms with Crippen LogP contribution in [-0.2, 0) is 13.6 Å². The zero-order valence-electron chi connectivity index (χ0n) is 14.1. The maximum atomic E-state index is 13.0. The van der Waals surface area contributed by atoms with Crippen molar-refractivity contribution in [3.63, 3.8) is 0 Å². The van der Waals surface area contributed by atoms with Gasteiger partial charge in [-0.25, -0.2) is 0 Å². The van der Waals surface area contributed by atoms with Gasteiger partial charge in [0.2, 0.25) is 0 Å². The molecule has 6 heteroatoms. The predicted molar refractivity (Wildman–Crippen MR) is 82.8 cm³/mol. The number of hydrogen-bond acceptors (Lipinski definition) is 5. The molecule has 0 saturated carbocycles. The Morgan fingerprint density at radius 3 is 1.70 bits per heavy atom. The predicted octanol–water partition coefficient (Wildman–Crippen LogP) is 4.54. The van der Waals surface area contributed by atoms with Gasteiger partial charge in [-0.3, -0.25) is 4.57 Å². The summed E-state index contributed by atoms with van der Waals surface area (Å²) in [6.07, 6.45) is 0. The van der Waals surface area contributed by atoms with E-state index in [9.17, 15) is 4.57 Å². The van der Waals surface area contributed by atoms with Crippen LogP contribution in [0.25, 0.3) is 0 Å². The number of nitrogens with zero attached hydrogens (tertiary/aromatic N) is 1. The van der Waals surface area contributed by atoms with E-state index in [-0.39, 0.29) is 10.8 Å². The zero-order valence-corrected chi connectivity index (χ0v) is 15.0. The Kier molecular flexibility index (Phi) is 6.92. The molecule has 0 rings (SSSR count). The first-order valence-electron chi connectivity index (χ1n) is 6.88. The van der Waals surface area contributed by atoms with Crippen molar-refractivity contribution in [3.8, 4) is 0 Å². The molecule has 0 aromatic carbocycles. The molecule has 20 heavy (non-hydrogen) atoms. The zero-order chi connectivity index (χ0) is 16.2. The summed E-state index contributed by atoms with van der Waals surface area (Å²) in [6, 6.07) is 0. The fraction of sp³-hybridized carbons (Fsp3) is 0.929. The molecule has 0 aliphatic carbocycles. The van der Waals surface area contributed by atoms with Gasteiger partial charge in [-0.15, -0.1) is 0 Å². The van der Waals surface area contributed by atoms with Gasteiger partial charge in [0.15, 0.2) is 0 Å². The van der Waals surface area contributed by atoms with Gasteiger partial charge in [-0.1, -0.05) is 46.7 Å². The third-order valence-electron chi connectivity index (χ3n) is 2.59. The Balaban J connectivity index is 5.08. The van der Waals surface area contributed by atoms with E-state index in [1.807, 2.05) is 41.5 Å². The molecule has 1 N–H and O–H groups in total. The lowest BCUT2D eigenvalue weighted by molar-refractivity contribution is 0.121. The second kappa shape index (κ2) is 7.06. The smallest absolute Gasteiger partial charge is 0.339 e. The molecule has 0 radical (unpaired) electrons. The summed E-state index contributed by atoms with van der Waals surface area (Å²) in [5.41, 5.74) is -0.469. The van der Waals surface area contributed by atoms with Crippen LogP contribution in [0.5, 0.6) is 0 Å². The highest BCUT2D eigenvalue weighted by Gasteiger charge is 2.37. The maximum absolute atomic E-state index is 13.0. The van der Waals surface area contributed by atoms with Gasteiger partial charge in [0.05, 0.1) is 24.6 Å². The second-order valence-electron chi connectivity index (χ2n) is 7.63. The third kappa shape index (κ3) is 7.41. The summed E-state index contributed by atoms with van der Waals surface area (Å²) in [4.78, 5) is 0. The molecular formula is C14H30NO4P. The van der Waals surface area contributed by atoms with E-state index >= 15 is 0 Å². The number of oxime groups is 1. The lowest BCUT2D eigenvalue weighted by Gasteiger charge is -2.30. The van der Waals surface area contributed by atoms with Crippen molar-refractivity contribution in [3.05, 3.63) is 0 Å². The molecule has 0 spiro atoms. The fourth-order valence-corrected chi connectivity index (χ4v) is 3.31. The molecule has 0 aromatic heterocycles. The van der Waals surface area contributed by atoms with Crippen LogP contribution < -0.4 is 0 Å². The molecule has 0 amide bonds. The summed E-state index contributed by atoms with van der Waals surface area (Å²) in [7, 11) is -3.37. The van der Waals surface area contributed by atoms with Gasteiger partial charge in [-0.2, -0.15) is 0 Å². The largest absolute Gasteiger partial charge is 0.411 e. The Bertz CT molecular complexity index is 358. The van der Waals surface area contributed by atoms with E-state index in [1.165, 1.54) is 0 Å². The van der Waals surface area contributed by atoms with Crippen molar-refractivity contribution < 1.29 is 18.8 Å². The van der Waals surface area contributed by atoms with Crippen LogP contribution in [0.3, 0.4) is 0 Å². The minimum atomic E-state index is -3.37. The summed E-state index contributed by atoms with van der Waals surface area (Å²) >= 11 is 0. The molecular weight excluding hydrogens is 277 g/mol. The molecule has 0 aromatic rings. The summed E-state index contributed by atoms with van der Waals surface area (Å²) in [6.45, 7) is 15.9. The molecule has 0 aliphatic rings. The standard InChI is InChI=1S/C14H30NO4P/c1-11(15-16)12(2)20(17,18-9-13(3,4)5)19-10-14(6,7)8/h12,16H,9-10H2,1-8H3. The van der Waals surface area contributed by atoms with E-state index in [2.05, 4.69) is 5.16 Å². The number of hydrogen-bond donors (Lipinski definition) is 1. The number of rotatable bonds is 6. The summed E-state index contributed by atoms with van der Waals surface area (Å²) in [5.74, 6) is 0. The van der Waals surface area contributed by atoms with Crippen LogP contribution in [0.2, 0.25) is 0 Å². The minimum absolute atomic E-state index is 0.120. The van der Waals surface area contributed by atoms with Gasteiger partial charge in [0.1, 0.15) is 0 Å². The monoisotopic (exact) mass is 307 g/mol. The molecule has 0 bridgehead atoms. The first kappa shape index (κ1) is 19.6. The van der Waals surface area contributed by atoms with Gasteiger partial charge in [-0.05, 0) is 24.7 Å². The normalized spacial score (nSPS) is 16.3. The van der Waals surface area contributed by atoms with E-state index in [4.69, 9.17) is 14.3 Å². The molecule has 1 unspecified atom stereocenters. The van der Waals surface area contributed by atoms with Crippen molar-refractivity contribution in [2.75, 3.05) is 13.2 Å². The first-order valence-corrected chi connectivity index (χ1v) is 8.49. The highest BCUT2D eigenvalue weighted by Crippen LogP contribution is 2.55. The van der Waals surface area contributed by atoms with Crippen LogP contribution in [-0.4, -0.2) is 29.8 Å². The van der Waals surface area contributed by atoms with Gasteiger partial charge < -0.3 is 14.3 Å². The Morgan fingerprint density at radius 1 is 1.10 bits per heavy atom. The molecule has 120 valence electrons. The van der Waals surface area contributed by atoms with Crippen LogP contribution in [0.4, 0.5) is 0 Å². The third-order valence-corrected chi connectivity index (χ3v) is 4.89. The molecule has 0 aliphatic heterocycles. The lowest BCUT2D eigenvalue weighted by Crippen LogP contribution is -2.24. The van der Waals surface area contributed by atoms with E-state index in [1.54, 1.807) is 13.8 Å². The van der Waals surface area contributed by atoms with Crippen LogP contribution >= 0.6 is 7.60 Å². The van der Waals surface area contributed by atoms with E-state index in [0.29, 0.717) is 18.9 Å². The van der Waals surface area contributed by atoms with Gasteiger partial charge >= 0.3 is 7.60 Å². The molecule has 0 fully saturated rings. The highest BCUT2D eigenvalue weighted by molar-refractivity contribution is 7.55. The topological polar surface area (TPSA) is 68.1 Å². The fourth-order valence-electron chi connectivity index (χ4n) is 1.14. The highest BCUT2D eigenvalue weighted by atomic mass is 31.2. The molecule has 5 nitrogen and oxygen atoms in total. The van der Waals surface area contributed by atoms with Crippen LogP contribution in [0.15, 0.2) is 5.16 Å². The van der Waals surface area contributed by atoms with Crippen molar-refractivity contribution in [1.29, 1.82) is 0 Å². The molecule has 0 saturated heterocycles. The second-order valence-corrected chi connectivity index (χ2v) is 10.00. The maximum Gasteiger partial charge on any atom is 0.339 e. The molecule has 1 atom stereocenters.